The zero-order valence-corrected chi connectivity index (χ0v) is 14.6. The SMILES string of the molecule is O=S(=O)(O)O.O=S(=O)(O)c1cnc(-c2ccccc2-c2ccccc2)[nH]1. The van der Waals surface area contributed by atoms with Crippen LogP contribution >= 0.6 is 0 Å². The van der Waals surface area contributed by atoms with Crippen molar-refractivity contribution in [2.24, 2.45) is 0 Å². The monoisotopic (exact) mass is 398 g/mol. The van der Waals surface area contributed by atoms with Gasteiger partial charge in [-0.2, -0.15) is 16.8 Å². The van der Waals surface area contributed by atoms with E-state index in [1.54, 1.807) is 0 Å². The molecule has 0 aliphatic carbocycles. The summed E-state index contributed by atoms with van der Waals surface area (Å²) in [6, 6.07) is 17.2. The average Bonchev–Trinajstić information content (AvgIpc) is 3.04. The van der Waals surface area contributed by atoms with Crippen LogP contribution in [-0.4, -0.2) is 40.5 Å². The Morgan fingerprint density at radius 3 is 1.77 bits per heavy atom. The lowest BCUT2D eigenvalue weighted by Crippen LogP contribution is -1.97. The maximum absolute atomic E-state index is 11.1. The molecule has 1 heterocycles. The van der Waals surface area contributed by atoms with Crippen molar-refractivity contribution in [1.29, 1.82) is 0 Å². The van der Waals surface area contributed by atoms with Crippen molar-refractivity contribution < 1.29 is 30.5 Å². The molecule has 0 amide bonds. The number of aromatic nitrogens is 2. The van der Waals surface area contributed by atoms with E-state index in [2.05, 4.69) is 9.97 Å². The summed E-state index contributed by atoms with van der Waals surface area (Å²) in [5.41, 5.74) is 2.69. The highest BCUT2D eigenvalue weighted by Crippen LogP contribution is 2.30. The van der Waals surface area contributed by atoms with Gasteiger partial charge < -0.3 is 4.98 Å². The van der Waals surface area contributed by atoms with Gasteiger partial charge in [0.25, 0.3) is 0 Å². The number of hydrogen-bond acceptors (Lipinski definition) is 5. The van der Waals surface area contributed by atoms with Gasteiger partial charge in [-0.3, -0.25) is 13.7 Å². The van der Waals surface area contributed by atoms with Gasteiger partial charge >= 0.3 is 20.5 Å². The average molecular weight is 398 g/mol. The highest BCUT2D eigenvalue weighted by molar-refractivity contribution is 7.85. The first-order valence-corrected chi connectivity index (χ1v) is 9.76. The second kappa shape index (κ2) is 7.76. The molecule has 1 aromatic heterocycles. The van der Waals surface area contributed by atoms with Gasteiger partial charge in [0.1, 0.15) is 5.82 Å². The minimum Gasteiger partial charge on any atom is -0.327 e. The Morgan fingerprint density at radius 1 is 0.769 bits per heavy atom. The third kappa shape index (κ3) is 5.75. The lowest BCUT2D eigenvalue weighted by atomic mass is 9.99. The second-order valence-electron chi connectivity index (χ2n) is 4.93. The van der Waals surface area contributed by atoms with E-state index in [-0.39, 0.29) is 5.03 Å². The Labute approximate surface area is 149 Å². The molecular formula is C15H14N2O7S2. The van der Waals surface area contributed by atoms with Crippen LogP contribution in [-0.2, 0) is 20.5 Å². The molecule has 0 saturated carbocycles. The van der Waals surface area contributed by atoms with E-state index in [1.807, 2.05) is 54.6 Å². The summed E-state index contributed by atoms with van der Waals surface area (Å²) in [4.78, 5) is 6.67. The molecule has 3 aromatic rings. The summed E-state index contributed by atoms with van der Waals surface area (Å²) in [5, 5.41) is -0.319. The number of rotatable bonds is 3. The van der Waals surface area contributed by atoms with Gasteiger partial charge in [0.05, 0.1) is 6.20 Å². The van der Waals surface area contributed by atoms with Gasteiger partial charge in [0, 0.05) is 5.56 Å². The van der Waals surface area contributed by atoms with Crippen molar-refractivity contribution in [3.05, 3.63) is 60.8 Å². The minimum atomic E-state index is -4.67. The topological polar surface area (TPSA) is 158 Å². The zero-order chi connectivity index (χ0) is 19.4. The van der Waals surface area contributed by atoms with Crippen molar-refractivity contribution in [1.82, 2.24) is 9.97 Å². The minimum absolute atomic E-state index is 0.319. The summed E-state index contributed by atoms with van der Waals surface area (Å²) in [6.45, 7) is 0. The predicted molar refractivity (Wildman–Crippen MR) is 93.5 cm³/mol. The van der Waals surface area contributed by atoms with Crippen LogP contribution < -0.4 is 0 Å². The van der Waals surface area contributed by atoms with E-state index in [9.17, 15) is 8.42 Å². The third-order valence-electron chi connectivity index (χ3n) is 3.10. The van der Waals surface area contributed by atoms with Crippen LogP contribution in [0.3, 0.4) is 0 Å². The number of imidazole rings is 1. The first kappa shape index (κ1) is 19.8. The van der Waals surface area contributed by atoms with E-state index >= 15 is 0 Å². The van der Waals surface area contributed by atoms with E-state index in [0.717, 1.165) is 22.9 Å². The second-order valence-corrected chi connectivity index (χ2v) is 7.22. The molecule has 0 aliphatic heterocycles. The largest absolute Gasteiger partial charge is 0.394 e. The van der Waals surface area contributed by atoms with Crippen molar-refractivity contribution in [2.45, 2.75) is 5.03 Å². The smallest absolute Gasteiger partial charge is 0.327 e. The van der Waals surface area contributed by atoms with Crippen LogP contribution in [0, 0.1) is 0 Å². The molecule has 3 rings (SSSR count). The first-order chi connectivity index (χ1) is 12.1. The summed E-state index contributed by atoms with van der Waals surface area (Å²) in [5.74, 6) is 0.391. The summed E-state index contributed by atoms with van der Waals surface area (Å²) < 4.78 is 62.9. The maximum atomic E-state index is 11.1. The van der Waals surface area contributed by atoms with Gasteiger partial charge in [-0.05, 0) is 11.1 Å². The quantitative estimate of drug-likeness (QED) is 0.489. The molecule has 4 N–H and O–H groups in total. The van der Waals surface area contributed by atoms with Gasteiger partial charge in [0.15, 0.2) is 5.03 Å². The fraction of sp³-hybridized carbons (Fsp3) is 0. The van der Waals surface area contributed by atoms with Crippen LogP contribution in [0.1, 0.15) is 0 Å². The molecule has 0 spiro atoms. The third-order valence-corrected chi connectivity index (χ3v) is 3.86. The molecule has 0 fully saturated rings. The summed E-state index contributed by atoms with van der Waals surface area (Å²) >= 11 is 0. The highest BCUT2D eigenvalue weighted by Gasteiger charge is 2.16. The molecule has 9 nitrogen and oxygen atoms in total. The molecule has 138 valence electrons. The van der Waals surface area contributed by atoms with Crippen molar-refractivity contribution in [3.63, 3.8) is 0 Å². The number of nitrogens with one attached hydrogen (secondary N) is 1. The molecule has 0 atom stereocenters. The lowest BCUT2D eigenvalue weighted by molar-refractivity contribution is 0.381. The van der Waals surface area contributed by atoms with Crippen LogP contribution in [0.25, 0.3) is 22.5 Å². The normalized spacial score (nSPS) is 11.5. The molecule has 11 heteroatoms. The Balaban J connectivity index is 0.000000431. The number of aromatic amines is 1. The van der Waals surface area contributed by atoms with E-state index in [0.29, 0.717) is 5.82 Å². The molecule has 2 aromatic carbocycles. The number of H-pyrrole nitrogens is 1. The Hall–Kier alpha value is -2.57. The molecule has 0 bridgehead atoms. The van der Waals surface area contributed by atoms with Crippen molar-refractivity contribution in [3.8, 4) is 22.5 Å². The molecule has 26 heavy (non-hydrogen) atoms. The van der Waals surface area contributed by atoms with Crippen LogP contribution in [0.4, 0.5) is 0 Å². The van der Waals surface area contributed by atoms with Crippen LogP contribution in [0.5, 0.6) is 0 Å². The fourth-order valence-electron chi connectivity index (χ4n) is 2.13. The number of nitrogens with zero attached hydrogens (tertiary/aromatic N) is 1. The molecular weight excluding hydrogens is 384 g/mol. The molecule has 0 radical (unpaired) electrons. The Morgan fingerprint density at radius 2 is 1.27 bits per heavy atom. The van der Waals surface area contributed by atoms with Crippen molar-refractivity contribution in [2.75, 3.05) is 0 Å². The standard InChI is InChI=1S/C15H12N2O3S.H2O4S/c18-21(19,20)14-10-16-15(17-14)13-9-5-4-8-12(13)11-6-2-1-3-7-11;1-5(2,3)4/h1-10H,(H,16,17)(H,18,19,20);(H2,1,2,3,4). The van der Waals surface area contributed by atoms with Gasteiger partial charge in [-0.15, -0.1) is 0 Å². The van der Waals surface area contributed by atoms with E-state index in [1.165, 1.54) is 0 Å². The lowest BCUT2D eigenvalue weighted by Gasteiger charge is -2.07. The molecule has 0 unspecified atom stereocenters. The van der Waals surface area contributed by atoms with Crippen molar-refractivity contribution >= 4 is 20.5 Å². The maximum Gasteiger partial charge on any atom is 0.394 e. The van der Waals surface area contributed by atoms with Gasteiger partial charge in [0.2, 0.25) is 0 Å². The van der Waals surface area contributed by atoms with Gasteiger partial charge in [-0.25, -0.2) is 4.98 Å². The van der Waals surface area contributed by atoms with E-state index in [4.69, 9.17) is 22.1 Å². The van der Waals surface area contributed by atoms with E-state index < -0.39 is 20.5 Å². The van der Waals surface area contributed by atoms with Crippen LogP contribution in [0.15, 0.2) is 65.8 Å². The summed E-state index contributed by atoms with van der Waals surface area (Å²) in [7, 11) is -8.95. The Kier molecular flexibility index (Phi) is 5.90. The summed E-state index contributed by atoms with van der Waals surface area (Å²) in [6.07, 6.45) is 1.10. The number of hydrogen-bond donors (Lipinski definition) is 4. The first-order valence-electron chi connectivity index (χ1n) is 6.93. The Bertz CT molecular complexity index is 1080. The predicted octanol–water partition coefficient (Wildman–Crippen LogP) is 2.34. The fourth-order valence-corrected chi connectivity index (χ4v) is 2.54. The highest BCUT2D eigenvalue weighted by atomic mass is 32.3. The van der Waals surface area contributed by atoms with Gasteiger partial charge in [-0.1, -0.05) is 54.6 Å². The zero-order valence-electron chi connectivity index (χ0n) is 13.0. The van der Waals surface area contributed by atoms with Crippen LogP contribution in [0.2, 0.25) is 0 Å². The molecule has 0 saturated heterocycles. The number of benzene rings is 2. The molecule has 0 aliphatic rings.